The molecule has 2 nitrogen and oxygen atoms in total. The first-order chi connectivity index (χ1) is 6.74. The highest BCUT2D eigenvalue weighted by molar-refractivity contribution is 5.04. The number of hydrogen-bond acceptors (Lipinski definition) is 2. The second-order valence-electron chi connectivity index (χ2n) is 6.53. The zero-order valence-electron chi connectivity index (χ0n) is 10.3. The van der Waals surface area contributed by atoms with E-state index in [-0.39, 0.29) is 0 Å². The molecule has 0 unspecified atom stereocenters. The fraction of sp³-hybridized carbons (Fsp3) is 1.00. The molecule has 88 valence electrons. The first-order valence-corrected chi connectivity index (χ1v) is 6.19. The third-order valence-corrected chi connectivity index (χ3v) is 4.95. The van der Waals surface area contributed by atoms with Crippen LogP contribution in [0.1, 0.15) is 47.0 Å². The number of fused-ring (bicyclic) bond motifs is 2. The van der Waals surface area contributed by atoms with Crippen molar-refractivity contribution in [2.24, 2.45) is 23.7 Å². The van der Waals surface area contributed by atoms with Gasteiger partial charge in [0.05, 0.1) is 11.2 Å². The third kappa shape index (κ3) is 1.72. The smallest absolute Gasteiger partial charge is 0.0653 e. The van der Waals surface area contributed by atoms with Gasteiger partial charge in [0.15, 0.2) is 0 Å². The highest BCUT2D eigenvalue weighted by Crippen LogP contribution is 2.53. The van der Waals surface area contributed by atoms with Crippen molar-refractivity contribution < 1.29 is 10.2 Å². The Morgan fingerprint density at radius 3 is 1.53 bits per heavy atom. The van der Waals surface area contributed by atoms with Crippen molar-refractivity contribution >= 4 is 0 Å². The molecule has 0 aromatic heterocycles. The van der Waals surface area contributed by atoms with E-state index >= 15 is 0 Å². The molecule has 15 heavy (non-hydrogen) atoms. The molecule has 2 heteroatoms. The summed E-state index contributed by atoms with van der Waals surface area (Å²) in [6, 6.07) is 0. The highest BCUT2D eigenvalue weighted by Gasteiger charge is 2.53. The van der Waals surface area contributed by atoms with E-state index in [9.17, 15) is 10.2 Å². The normalized spacial score (nSPS) is 60.4. The van der Waals surface area contributed by atoms with Gasteiger partial charge in [0, 0.05) is 0 Å². The Bertz CT molecular complexity index is 231. The Hall–Kier alpha value is -0.0800. The third-order valence-electron chi connectivity index (χ3n) is 4.95. The van der Waals surface area contributed by atoms with E-state index < -0.39 is 11.2 Å². The van der Waals surface area contributed by atoms with Crippen LogP contribution in [0.25, 0.3) is 0 Å². The topological polar surface area (TPSA) is 40.5 Å². The van der Waals surface area contributed by atoms with Gasteiger partial charge < -0.3 is 10.2 Å². The second kappa shape index (κ2) is 3.21. The monoisotopic (exact) mass is 212 g/mol. The van der Waals surface area contributed by atoms with Crippen molar-refractivity contribution in [1.82, 2.24) is 0 Å². The van der Waals surface area contributed by atoms with Gasteiger partial charge in [0.2, 0.25) is 0 Å². The van der Waals surface area contributed by atoms with Gasteiger partial charge in [0.1, 0.15) is 0 Å². The molecular weight excluding hydrogens is 188 g/mol. The summed E-state index contributed by atoms with van der Waals surface area (Å²) in [6.45, 7) is 8.28. The van der Waals surface area contributed by atoms with Crippen LogP contribution in [-0.4, -0.2) is 21.4 Å². The molecule has 0 heterocycles. The minimum atomic E-state index is -0.522. The second-order valence-corrected chi connectivity index (χ2v) is 6.53. The molecule has 2 aliphatic rings. The Morgan fingerprint density at radius 1 is 0.867 bits per heavy atom. The summed E-state index contributed by atoms with van der Waals surface area (Å²) in [4.78, 5) is 0. The van der Waals surface area contributed by atoms with Crippen LogP contribution < -0.4 is 0 Å². The van der Waals surface area contributed by atoms with Crippen molar-refractivity contribution in [3.05, 3.63) is 0 Å². The molecule has 0 spiro atoms. The van der Waals surface area contributed by atoms with Gasteiger partial charge in [-0.3, -0.25) is 0 Å². The van der Waals surface area contributed by atoms with Gasteiger partial charge in [-0.05, 0) is 56.8 Å². The molecule has 2 aliphatic carbocycles. The lowest BCUT2D eigenvalue weighted by Crippen LogP contribution is -2.57. The molecular formula is C13H24O2. The predicted molar refractivity (Wildman–Crippen MR) is 60.4 cm³/mol. The first-order valence-electron chi connectivity index (χ1n) is 6.19. The molecule has 0 saturated heterocycles. The molecule has 2 fully saturated rings. The standard InChI is InChI=1S/C13H24O2/c1-8-6-12(3,14)11-5-10(8)13(4,15)7-9(11)2/h8-11,14-15H,5-7H2,1-4H3/t8-,9-,10+,11+,12-,13-/m1/s1. The van der Waals surface area contributed by atoms with Crippen molar-refractivity contribution in [3.63, 3.8) is 0 Å². The lowest BCUT2D eigenvalue weighted by atomic mass is 9.53. The van der Waals surface area contributed by atoms with Crippen LogP contribution in [0, 0.1) is 23.7 Å². The maximum Gasteiger partial charge on any atom is 0.0653 e. The quantitative estimate of drug-likeness (QED) is 0.646. The fourth-order valence-electron chi connectivity index (χ4n) is 4.36. The van der Waals surface area contributed by atoms with Crippen LogP contribution in [0.4, 0.5) is 0 Å². The van der Waals surface area contributed by atoms with Crippen molar-refractivity contribution in [1.29, 1.82) is 0 Å². The molecule has 2 bridgehead atoms. The van der Waals surface area contributed by atoms with Crippen molar-refractivity contribution in [3.8, 4) is 0 Å². The molecule has 0 aromatic carbocycles. The van der Waals surface area contributed by atoms with Crippen LogP contribution >= 0.6 is 0 Å². The lowest BCUT2D eigenvalue weighted by molar-refractivity contribution is -0.174. The zero-order chi connectivity index (χ0) is 11.4. The largest absolute Gasteiger partial charge is 0.390 e. The molecule has 0 amide bonds. The summed E-state index contributed by atoms with van der Waals surface area (Å²) < 4.78 is 0. The molecule has 2 rings (SSSR count). The van der Waals surface area contributed by atoms with Gasteiger partial charge in [-0.15, -0.1) is 0 Å². The SMILES string of the molecule is C[C@@H]1C[C@@](C)(O)[C@H]2C[C@@H]1[C@](C)(O)C[C@H]2C. The molecule has 0 aliphatic heterocycles. The van der Waals surface area contributed by atoms with E-state index in [2.05, 4.69) is 13.8 Å². The first kappa shape index (κ1) is 11.4. The van der Waals surface area contributed by atoms with E-state index in [0.717, 1.165) is 19.3 Å². The Labute approximate surface area is 92.7 Å². The van der Waals surface area contributed by atoms with Crippen LogP contribution in [-0.2, 0) is 0 Å². The average molecular weight is 212 g/mol. The molecule has 2 saturated carbocycles. The zero-order valence-corrected chi connectivity index (χ0v) is 10.3. The highest BCUT2D eigenvalue weighted by atomic mass is 16.3. The van der Waals surface area contributed by atoms with E-state index in [1.54, 1.807) is 0 Å². The summed E-state index contributed by atoms with van der Waals surface area (Å²) in [7, 11) is 0. The van der Waals surface area contributed by atoms with Crippen molar-refractivity contribution in [2.75, 3.05) is 0 Å². The average Bonchev–Trinajstić information content (AvgIpc) is 1.98. The Balaban J connectivity index is 2.28. The van der Waals surface area contributed by atoms with Crippen LogP contribution in [0.3, 0.4) is 0 Å². The van der Waals surface area contributed by atoms with Gasteiger partial charge >= 0.3 is 0 Å². The minimum absolute atomic E-state index is 0.374. The lowest BCUT2D eigenvalue weighted by Gasteiger charge is -2.56. The number of hydrogen-bond donors (Lipinski definition) is 2. The minimum Gasteiger partial charge on any atom is -0.390 e. The summed E-state index contributed by atoms with van der Waals surface area (Å²) in [5.41, 5.74) is -1.04. The van der Waals surface area contributed by atoms with E-state index in [4.69, 9.17) is 0 Å². The number of rotatable bonds is 0. The summed E-state index contributed by atoms with van der Waals surface area (Å²) in [5, 5.41) is 20.8. The van der Waals surface area contributed by atoms with Gasteiger partial charge in [0.25, 0.3) is 0 Å². The molecule has 2 N–H and O–H groups in total. The summed E-state index contributed by atoms with van der Waals surface area (Å²) in [5.74, 6) is 1.61. The van der Waals surface area contributed by atoms with Crippen LogP contribution in [0.2, 0.25) is 0 Å². The Morgan fingerprint density at radius 2 is 1.20 bits per heavy atom. The molecule has 6 atom stereocenters. The maximum atomic E-state index is 10.4. The van der Waals surface area contributed by atoms with E-state index in [1.807, 2.05) is 13.8 Å². The van der Waals surface area contributed by atoms with Gasteiger partial charge in [-0.2, -0.15) is 0 Å². The summed E-state index contributed by atoms with van der Waals surface area (Å²) >= 11 is 0. The van der Waals surface area contributed by atoms with Crippen LogP contribution in [0.5, 0.6) is 0 Å². The Kier molecular flexibility index (Phi) is 2.44. The number of aliphatic hydroxyl groups is 2. The summed E-state index contributed by atoms with van der Waals surface area (Å²) in [6.07, 6.45) is 2.66. The van der Waals surface area contributed by atoms with E-state index in [1.165, 1.54) is 0 Å². The van der Waals surface area contributed by atoms with Gasteiger partial charge in [-0.25, -0.2) is 0 Å². The van der Waals surface area contributed by atoms with Crippen molar-refractivity contribution in [2.45, 2.75) is 58.2 Å². The van der Waals surface area contributed by atoms with Crippen LogP contribution in [0.15, 0.2) is 0 Å². The molecule has 0 aromatic rings. The molecule has 0 radical (unpaired) electrons. The predicted octanol–water partition coefficient (Wildman–Crippen LogP) is 2.19. The van der Waals surface area contributed by atoms with Gasteiger partial charge in [-0.1, -0.05) is 13.8 Å². The fourth-order valence-corrected chi connectivity index (χ4v) is 4.36. The maximum absolute atomic E-state index is 10.4. The van der Waals surface area contributed by atoms with E-state index in [0.29, 0.717) is 23.7 Å².